The van der Waals surface area contributed by atoms with Gasteiger partial charge in [-0.3, -0.25) is 0 Å². The number of hydrogen-bond donors (Lipinski definition) is 0. The van der Waals surface area contributed by atoms with E-state index >= 15 is 0 Å². The molecule has 110 valence electrons. The van der Waals surface area contributed by atoms with Gasteiger partial charge in [0.1, 0.15) is 11.7 Å². The van der Waals surface area contributed by atoms with E-state index in [9.17, 15) is 4.79 Å². The number of halogens is 1. The molecule has 2 heterocycles. The Morgan fingerprint density at radius 2 is 2.15 bits per heavy atom. The highest BCUT2D eigenvalue weighted by Crippen LogP contribution is 2.19. The maximum absolute atomic E-state index is 11.9. The van der Waals surface area contributed by atoms with Gasteiger partial charge in [-0.1, -0.05) is 11.6 Å². The summed E-state index contributed by atoms with van der Waals surface area (Å²) in [6.45, 7) is 6.63. The van der Waals surface area contributed by atoms with Crippen LogP contribution in [-0.4, -0.2) is 46.0 Å². The summed E-state index contributed by atoms with van der Waals surface area (Å²) in [6, 6.07) is 3.27. The van der Waals surface area contributed by atoms with Crippen molar-refractivity contribution in [3.05, 3.63) is 17.3 Å². The first kappa shape index (κ1) is 14.8. The molecule has 6 nitrogen and oxygen atoms in total. The lowest BCUT2D eigenvalue weighted by Crippen LogP contribution is -2.36. The lowest BCUT2D eigenvalue weighted by molar-refractivity contribution is 0.0274. The first-order valence-corrected chi connectivity index (χ1v) is 6.85. The maximum atomic E-state index is 11.9. The lowest BCUT2D eigenvalue weighted by atomic mass is 10.2. The topological polar surface area (TPSA) is 64.5 Å². The Morgan fingerprint density at radius 1 is 1.40 bits per heavy atom. The van der Waals surface area contributed by atoms with Crippen LogP contribution in [0.15, 0.2) is 12.1 Å². The highest BCUT2D eigenvalue weighted by atomic mass is 35.5. The van der Waals surface area contributed by atoms with Crippen molar-refractivity contribution >= 4 is 17.7 Å². The van der Waals surface area contributed by atoms with Gasteiger partial charge in [0, 0.05) is 19.0 Å². The van der Waals surface area contributed by atoms with Crippen molar-refractivity contribution in [1.29, 1.82) is 0 Å². The molecule has 1 amide bonds. The molecule has 1 saturated heterocycles. The molecule has 0 bridgehead atoms. The zero-order chi connectivity index (χ0) is 14.8. The molecule has 1 fully saturated rings. The van der Waals surface area contributed by atoms with Crippen LogP contribution in [0.3, 0.4) is 0 Å². The normalized spacial score (nSPS) is 19.0. The molecule has 7 heteroatoms. The Morgan fingerprint density at radius 3 is 2.75 bits per heavy atom. The zero-order valence-corrected chi connectivity index (χ0v) is 12.6. The van der Waals surface area contributed by atoms with E-state index in [4.69, 9.17) is 21.1 Å². The number of ether oxygens (including phenoxy) is 2. The standard InChI is InChI=1S/C13H18ClN3O3/c1-13(2,3)20-12(18)17-7-6-9(8-17)19-11-5-4-10(14)15-16-11/h4-5,9H,6-8H2,1-3H3/t9-/m1/s1. The summed E-state index contributed by atoms with van der Waals surface area (Å²) in [5.74, 6) is 0.408. The Balaban J connectivity index is 1.86. The van der Waals surface area contributed by atoms with Gasteiger partial charge in [0.05, 0.1) is 6.54 Å². The highest BCUT2D eigenvalue weighted by Gasteiger charge is 2.31. The number of rotatable bonds is 2. The van der Waals surface area contributed by atoms with Crippen LogP contribution in [0.25, 0.3) is 0 Å². The molecule has 1 atom stereocenters. The molecular formula is C13H18ClN3O3. The number of carbonyl (C=O) groups is 1. The number of aromatic nitrogens is 2. The zero-order valence-electron chi connectivity index (χ0n) is 11.8. The number of likely N-dealkylation sites (tertiary alicyclic amines) is 1. The molecule has 0 aromatic carbocycles. The summed E-state index contributed by atoms with van der Waals surface area (Å²) in [4.78, 5) is 13.5. The van der Waals surface area contributed by atoms with E-state index in [0.29, 0.717) is 24.1 Å². The lowest BCUT2D eigenvalue weighted by Gasteiger charge is -2.24. The number of carbonyl (C=O) groups excluding carboxylic acids is 1. The van der Waals surface area contributed by atoms with Gasteiger partial charge in [0.25, 0.3) is 0 Å². The van der Waals surface area contributed by atoms with Crippen LogP contribution in [0.1, 0.15) is 27.2 Å². The minimum Gasteiger partial charge on any atom is -0.471 e. The van der Waals surface area contributed by atoms with Crippen LogP contribution in [-0.2, 0) is 4.74 Å². The van der Waals surface area contributed by atoms with E-state index in [0.717, 1.165) is 6.42 Å². The van der Waals surface area contributed by atoms with E-state index in [1.807, 2.05) is 20.8 Å². The van der Waals surface area contributed by atoms with Crippen LogP contribution in [0.4, 0.5) is 4.79 Å². The van der Waals surface area contributed by atoms with Gasteiger partial charge in [-0.05, 0) is 26.8 Å². The summed E-state index contributed by atoms with van der Waals surface area (Å²) < 4.78 is 11.0. The van der Waals surface area contributed by atoms with Crippen LogP contribution >= 0.6 is 11.6 Å². The first-order chi connectivity index (χ1) is 9.33. The fourth-order valence-corrected chi connectivity index (χ4v) is 1.95. The Hall–Kier alpha value is -1.56. The van der Waals surface area contributed by atoms with Crippen molar-refractivity contribution in [3.63, 3.8) is 0 Å². The minimum absolute atomic E-state index is 0.0991. The van der Waals surface area contributed by atoms with E-state index in [1.54, 1.807) is 17.0 Å². The second-order valence-corrected chi connectivity index (χ2v) is 6.04. The van der Waals surface area contributed by atoms with Gasteiger partial charge in [0.15, 0.2) is 5.15 Å². The monoisotopic (exact) mass is 299 g/mol. The maximum Gasteiger partial charge on any atom is 0.410 e. The molecule has 0 radical (unpaired) electrons. The molecule has 1 aliphatic rings. The van der Waals surface area contributed by atoms with Crippen LogP contribution in [0.5, 0.6) is 5.88 Å². The molecule has 2 rings (SSSR count). The molecule has 0 spiro atoms. The molecule has 20 heavy (non-hydrogen) atoms. The van der Waals surface area contributed by atoms with E-state index in [1.165, 1.54) is 0 Å². The molecule has 1 aliphatic heterocycles. The molecular weight excluding hydrogens is 282 g/mol. The van der Waals surface area contributed by atoms with Gasteiger partial charge >= 0.3 is 6.09 Å². The molecule has 0 N–H and O–H groups in total. The molecule has 0 saturated carbocycles. The Bertz CT molecular complexity index is 473. The van der Waals surface area contributed by atoms with E-state index < -0.39 is 5.60 Å². The third-order valence-corrected chi connectivity index (χ3v) is 2.89. The predicted octanol–water partition coefficient (Wildman–Crippen LogP) is 2.52. The number of nitrogens with zero attached hydrogens (tertiary/aromatic N) is 3. The third-order valence-electron chi connectivity index (χ3n) is 2.69. The summed E-state index contributed by atoms with van der Waals surface area (Å²) in [6.07, 6.45) is 0.326. The van der Waals surface area contributed by atoms with Crippen molar-refractivity contribution in [1.82, 2.24) is 15.1 Å². The SMILES string of the molecule is CC(C)(C)OC(=O)N1CC[C@@H](Oc2ccc(Cl)nn2)C1. The average molecular weight is 300 g/mol. The van der Waals surface area contributed by atoms with Crippen molar-refractivity contribution in [3.8, 4) is 5.88 Å². The third kappa shape index (κ3) is 4.23. The van der Waals surface area contributed by atoms with Gasteiger partial charge in [-0.2, -0.15) is 0 Å². The van der Waals surface area contributed by atoms with E-state index in [-0.39, 0.29) is 12.2 Å². The fraction of sp³-hybridized carbons (Fsp3) is 0.615. The highest BCUT2D eigenvalue weighted by molar-refractivity contribution is 6.29. The Labute approximate surface area is 123 Å². The second-order valence-electron chi connectivity index (χ2n) is 5.65. The second kappa shape index (κ2) is 5.83. The average Bonchev–Trinajstić information content (AvgIpc) is 2.79. The van der Waals surface area contributed by atoms with Crippen molar-refractivity contribution in [2.75, 3.05) is 13.1 Å². The van der Waals surface area contributed by atoms with Crippen LogP contribution < -0.4 is 4.74 Å². The molecule has 1 aromatic rings. The smallest absolute Gasteiger partial charge is 0.410 e. The quantitative estimate of drug-likeness (QED) is 0.839. The van der Waals surface area contributed by atoms with Gasteiger partial charge < -0.3 is 14.4 Å². The van der Waals surface area contributed by atoms with Crippen LogP contribution in [0, 0.1) is 0 Å². The predicted molar refractivity (Wildman–Crippen MR) is 73.9 cm³/mol. The van der Waals surface area contributed by atoms with Gasteiger partial charge in [0.2, 0.25) is 5.88 Å². The molecule has 0 aliphatic carbocycles. The van der Waals surface area contributed by atoms with Crippen LogP contribution in [0.2, 0.25) is 5.15 Å². The summed E-state index contributed by atoms with van der Waals surface area (Å²) in [5.41, 5.74) is -0.488. The summed E-state index contributed by atoms with van der Waals surface area (Å²) in [5, 5.41) is 7.86. The van der Waals surface area contributed by atoms with E-state index in [2.05, 4.69) is 10.2 Å². The van der Waals surface area contributed by atoms with Crippen molar-refractivity contribution in [2.45, 2.75) is 38.9 Å². The summed E-state index contributed by atoms with van der Waals surface area (Å²) in [7, 11) is 0. The molecule has 1 aromatic heterocycles. The van der Waals surface area contributed by atoms with Crippen molar-refractivity contribution < 1.29 is 14.3 Å². The number of amides is 1. The van der Waals surface area contributed by atoms with Crippen molar-refractivity contribution in [2.24, 2.45) is 0 Å². The summed E-state index contributed by atoms with van der Waals surface area (Å²) >= 11 is 5.66. The minimum atomic E-state index is -0.488. The van der Waals surface area contributed by atoms with Gasteiger partial charge in [-0.25, -0.2) is 4.79 Å². The Kier molecular flexibility index (Phi) is 4.32. The largest absolute Gasteiger partial charge is 0.471 e. The first-order valence-electron chi connectivity index (χ1n) is 6.47. The fourth-order valence-electron chi connectivity index (χ4n) is 1.85. The molecule has 0 unspecified atom stereocenters. The number of hydrogen-bond acceptors (Lipinski definition) is 5. The van der Waals surface area contributed by atoms with Gasteiger partial charge in [-0.15, -0.1) is 10.2 Å².